The van der Waals surface area contributed by atoms with Crippen LogP contribution in [0.2, 0.25) is 10.0 Å². The quantitative estimate of drug-likeness (QED) is 0.469. The maximum absolute atomic E-state index is 6.23. The van der Waals surface area contributed by atoms with E-state index in [0.29, 0.717) is 16.0 Å². The number of aliphatic imine (C=N–C) groups is 1. The molecule has 0 aliphatic heterocycles. The molecule has 0 bridgehead atoms. The summed E-state index contributed by atoms with van der Waals surface area (Å²) in [5.74, 6) is 1.68. The summed E-state index contributed by atoms with van der Waals surface area (Å²) in [6, 6.07) is 9.27. The van der Waals surface area contributed by atoms with Crippen molar-refractivity contribution in [3.63, 3.8) is 0 Å². The van der Waals surface area contributed by atoms with Crippen LogP contribution < -0.4 is 0 Å². The first-order valence-corrected chi connectivity index (χ1v) is 8.87. The van der Waals surface area contributed by atoms with Gasteiger partial charge in [-0.1, -0.05) is 37.0 Å². The summed E-state index contributed by atoms with van der Waals surface area (Å²) in [6.07, 6.45) is 4.72. The number of thioether (sulfide) groups is 1. The molecule has 1 heterocycles. The van der Waals surface area contributed by atoms with Crippen molar-refractivity contribution in [1.82, 2.24) is 4.98 Å². The number of hydrogen-bond donors (Lipinski definition) is 0. The van der Waals surface area contributed by atoms with Gasteiger partial charge >= 0.3 is 0 Å². The second-order valence-electron chi connectivity index (χ2n) is 5.29. The SMILES string of the molecule is CC(C)CCSC(=Nc1ccc(Cl)cc1Cl)c1cccnc1. The third kappa shape index (κ3) is 5.31. The lowest BCUT2D eigenvalue weighted by Gasteiger charge is -2.09. The fraction of sp³-hybridized carbons (Fsp3) is 0.294. The van der Waals surface area contributed by atoms with Crippen molar-refractivity contribution < 1.29 is 0 Å². The molecule has 2 rings (SSSR count). The standard InChI is InChI=1S/C17H18Cl2N2S/c1-12(2)7-9-22-17(13-4-3-8-20-11-13)21-16-6-5-14(18)10-15(16)19/h3-6,8,10-12H,7,9H2,1-2H3. The van der Waals surface area contributed by atoms with Crippen molar-refractivity contribution in [2.45, 2.75) is 20.3 Å². The molecule has 1 aromatic heterocycles. The van der Waals surface area contributed by atoms with Crippen LogP contribution in [0.4, 0.5) is 5.69 Å². The van der Waals surface area contributed by atoms with Crippen LogP contribution in [0.25, 0.3) is 0 Å². The van der Waals surface area contributed by atoms with E-state index in [1.54, 1.807) is 30.1 Å². The van der Waals surface area contributed by atoms with Gasteiger partial charge in [-0.2, -0.15) is 0 Å². The first kappa shape index (κ1) is 17.3. The Labute approximate surface area is 146 Å². The lowest BCUT2D eigenvalue weighted by molar-refractivity contribution is 0.632. The predicted molar refractivity (Wildman–Crippen MR) is 98.8 cm³/mol. The average molecular weight is 353 g/mol. The van der Waals surface area contributed by atoms with Crippen LogP contribution in [0.5, 0.6) is 0 Å². The minimum Gasteiger partial charge on any atom is -0.264 e. The van der Waals surface area contributed by atoms with Crippen LogP contribution in [-0.2, 0) is 0 Å². The van der Waals surface area contributed by atoms with Crippen LogP contribution in [0.3, 0.4) is 0 Å². The summed E-state index contributed by atoms with van der Waals surface area (Å²) in [5, 5.41) is 2.09. The Morgan fingerprint density at radius 1 is 1.27 bits per heavy atom. The van der Waals surface area contributed by atoms with Crippen molar-refractivity contribution in [2.24, 2.45) is 10.9 Å². The third-order valence-electron chi connectivity index (χ3n) is 2.97. The molecule has 0 N–H and O–H groups in total. The van der Waals surface area contributed by atoms with Crippen LogP contribution in [0, 0.1) is 5.92 Å². The molecule has 0 unspecified atom stereocenters. The maximum Gasteiger partial charge on any atom is 0.106 e. The smallest absolute Gasteiger partial charge is 0.106 e. The monoisotopic (exact) mass is 352 g/mol. The number of aromatic nitrogens is 1. The fourth-order valence-corrected chi connectivity index (χ4v) is 3.43. The van der Waals surface area contributed by atoms with Gasteiger partial charge in [0.2, 0.25) is 0 Å². The molecule has 0 fully saturated rings. The van der Waals surface area contributed by atoms with Gasteiger partial charge in [-0.25, -0.2) is 4.99 Å². The van der Waals surface area contributed by atoms with Crippen molar-refractivity contribution in [3.05, 3.63) is 58.3 Å². The van der Waals surface area contributed by atoms with Crippen molar-refractivity contribution >= 4 is 45.7 Å². The minimum atomic E-state index is 0.554. The second-order valence-corrected chi connectivity index (χ2v) is 7.21. The molecule has 0 saturated carbocycles. The zero-order valence-electron chi connectivity index (χ0n) is 12.6. The normalized spacial score (nSPS) is 12.0. The molecule has 0 aliphatic carbocycles. The Bertz CT molecular complexity index is 642. The summed E-state index contributed by atoms with van der Waals surface area (Å²) in [6.45, 7) is 4.44. The van der Waals surface area contributed by atoms with E-state index in [9.17, 15) is 0 Å². The molecule has 0 atom stereocenters. The molecule has 22 heavy (non-hydrogen) atoms. The second kappa shape index (κ2) is 8.56. The molecule has 0 saturated heterocycles. The number of halogens is 2. The topological polar surface area (TPSA) is 25.2 Å². The van der Waals surface area contributed by atoms with Gasteiger partial charge in [0.15, 0.2) is 0 Å². The van der Waals surface area contributed by atoms with Gasteiger partial charge in [0.25, 0.3) is 0 Å². The number of pyridine rings is 1. The predicted octanol–water partition coefficient (Wildman–Crippen LogP) is 6.25. The van der Waals surface area contributed by atoms with E-state index in [1.165, 1.54) is 0 Å². The molecule has 0 amide bonds. The van der Waals surface area contributed by atoms with Gasteiger partial charge in [0.05, 0.1) is 10.7 Å². The average Bonchev–Trinajstić information content (AvgIpc) is 2.49. The van der Waals surface area contributed by atoms with Gasteiger partial charge in [-0.15, -0.1) is 11.8 Å². The summed E-state index contributed by atoms with van der Waals surface area (Å²) < 4.78 is 0. The summed E-state index contributed by atoms with van der Waals surface area (Å²) in [4.78, 5) is 8.89. The van der Waals surface area contributed by atoms with Crippen LogP contribution in [-0.4, -0.2) is 15.8 Å². The zero-order valence-corrected chi connectivity index (χ0v) is 14.9. The molecule has 2 nitrogen and oxygen atoms in total. The Balaban J connectivity index is 2.28. The molecule has 1 aromatic carbocycles. The molecule has 0 radical (unpaired) electrons. The molecule has 0 aliphatic rings. The Morgan fingerprint density at radius 2 is 2.09 bits per heavy atom. The van der Waals surface area contributed by atoms with E-state index in [0.717, 1.165) is 28.5 Å². The van der Waals surface area contributed by atoms with Crippen molar-refractivity contribution in [2.75, 3.05) is 5.75 Å². The van der Waals surface area contributed by atoms with Gasteiger partial charge in [0, 0.05) is 23.0 Å². The van der Waals surface area contributed by atoms with Crippen LogP contribution in [0.15, 0.2) is 47.7 Å². The molecule has 5 heteroatoms. The highest BCUT2D eigenvalue weighted by molar-refractivity contribution is 8.14. The highest BCUT2D eigenvalue weighted by Crippen LogP contribution is 2.30. The summed E-state index contributed by atoms with van der Waals surface area (Å²) in [5.41, 5.74) is 1.73. The minimum absolute atomic E-state index is 0.554. The fourth-order valence-electron chi connectivity index (χ4n) is 1.74. The molecular formula is C17H18Cl2N2S. The number of nitrogens with zero attached hydrogens (tertiary/aromatic N) is 2. The lowest BCUT2D eigenvalue weighted by Crippen LogP contribution is -1.99. The lowest BCUT2D eigenvalue weighted by atomic mass is 10.2. The van der Waals surface area contributed by atoms with E-state index < -0.39 is 0 Å². The highest BCUT2D eigenvalue weighted by Gasteiger charge is 2.08. The number of rotatable bonds is 5. The van der Waals surface area contributed by atoms with Gasteiger partial charge in [0.1, 0.15) is 5.04 Å². The van der Waals surface area contributed by atoms with E-state index >= 15 is 0 Å². The van der Waals surface area contributed by atoms with Crippen molar-refractivity contribution in [1.29, 1.82) is 0 Å². The number of benzene rings is 1. The van der Waals surface area contributed by atoms with Gasteiger partial charge < -0.3 is 0 Å². The molecule has 0 spiro atoms. The first-order chi connectivity index (χ1) is 10.6. The third-order valence-corrected chi connectivity index (χ3v) is 4.55. The van der Waals surface area contributed by atoms with Crippen molar-refractivity contribution in [3.8, 4) is 0 Å². The molecule has 2 aromatic rings. The van der Waals surface area contributed by atoms with Gasteiger partial charge in [-0.05, 0) is 48.4 Å². The zero-order chi connectivity index (χ0) is 15.9. The largest absolute Gasteiger partial charge is 0.264 e. The van der Waals surface area contributed by atoms with Crippen LogP contribution >= 0.6 is 35.0 Å². The maximum atomic E-state index is 6.23. The molecular weight excluding hydrogens is 335 g/mol. The Hall–Kier alpha value is -1.03. The molecule has 116 valence electrons. The van der Waals surface area contributed by atoms with Crippen LogP contribution in [0.1, 0.15) is 25.8 Å². The van der Waals surface area contributed by atoms with E-state index in [2.05, 4.69) is 18.8 Å². The first-order valence-electron chi connectivity index (χ1n) is 7.13. The summed E-state index contributed by atoms with van der Waals surface area (Å²) >= 11 is 13.9. The Morgan fingerprint density at radius 3 is 2.73 bits per heavy atom. The van der Waals surface area contributed by atoms with E-state index in [4.69, 9.17) is 28.2 Å². The summed E-state index contributed by atoms with van der Waals surface area (Å²) in [7, 11) is 0. The van der Waals surface area contributed by atoms with E-state index in [-0.39, 0.29) is 0 Å². The Kier molecular flexibility index (Phi) is 6.74. The highest BCUT2D eigenvalue weighted by atomic mass is 35.5. The number of hydrogen-bond acceptors (Lipinski definition) is 3. The van der Waals surface area contributed by atoms with Gasteiger partial charge in [-0.3, -0.25) is 4.98 Å². The van der Waals surface area contributed by atoms with E-state index in [1.807, 2.05) is 24.4 Å².